The number of benzene rings is 2. The maximum Gasteiger partial charge on any atom is 0.227 e. The molecule has 1 aromatic heterocycles. The second kappa shape index (κ2) is 8.31. The topological polar surface area (TPSA) is 86.5 Å². The van der Waals surface area contributed by atoms with Gasteiger partial charge in [-0.05, 0) is 24.3 Å². The highest BCUT2D eigenvalue weighted by Crippen LogP contribution is 2.29. The van der Waals surface area contributed by atoms with Gasteiger partial charge < -0.3 is 19.3 Å². The Kier molecular flexibility index (Phi) is 5.65. The fourth-order valence-electron chi connectivity index (χ4n) is 2.46. The number of hydrogen-bond donors (Lipinski definition) is 1. The average Bonchev–Trinajstić information content (AvgIpc) is 3.15. The highest BCUT2D eigenvalue weighted by atomic mass is 19.1. The van der Waals surface area contributed by atoms with Crippen molar-refractivity contribution >= 4 is 11.6 Å². The van der Waals surface area contributed by atoms with Crippen molar-refractivity contribution in [2.75, 3.05) is 19.5 Å². The van der Waals surface area contributed by atoms with E-state index in [1.807, 2.05) is 0 Å². The van der Waals surface area contributed by atoms with Crippen LogP contribution in [0.25, 0.3) is 11.4 Å². The predicted molar refractivity (Wildman–Crippen MR) is 96.2 cm³/mol. The van der Waals surface area contributed by atoms with Crippen molar-refractivity contribution < 1.29 is 23.2 Å². The summed E-state index contributed by atoms with van der Waals surface area (Å²) in [5.41, 5.74) is 1.10. The normalized spacial score (nSPS) is 10.5. The number of carbonyl (C=O) groups is 1. The maximum atomic E-state index is 13.3. The molecule has 0 atom stereocenters. The molecule has 0 radical (unpaired) electrons. The Morgan fingerprint density at radius 1 is 1.15 bits per heavy atom. The van der Waals surface area contributed by atoms with Crippen LogP contribution in [0.15, 0.2) is 47.0 Å². The van der Waals surface area contributed by atoms with Gasteiger partial charge in [0, 0.05) is 30.2 Å². The lowest BCUT2D eigenvalue weighted by molar-refractivity contribution is -0.116. The molecule has 8 heteroatoms. The lowest BCUT2D eigenvalue weighted by Crippen LogP contribution is -2.12. The molecule has 0 fully saturated rings. The monoisotopic (exact) mass is 371 g/mol. The lowest BCUT2D eigenvalue weighted by atomic mass is 10.2. The number of carbonyl (C=O) groups excluding carboxylic acids is 1. The van der Waals surface area contributed by atoms with Crippen molar-refractivity contribution in [2.24, 2.45) is 0 Å². The number of methoxy groups -OCH3 is 2. The Labute approximate surface area is 155 Å². The van der Waals surface area contributed by atoms with E-state index >= 15 is 0 Å². The van der Waals surface area contributed by atoms with E-state index in [0.717, 1.165) is 0 Å². The molecule has 27 heavy (non-hydrogen) atoms. The molecule has 0 bridgehead atoms. The number of amides is 1. The van der Waals surface area contributed by atoms with E-state index in [-0.39, 0.29) is 30.4 Å². The highest BCUT2D eigenvalue weighted by molar-refractivity contribution is 5.91. The lowest BCUT2D eigenvalue weighted by Gasteiger charge is -2.10. The van der Waals surface area contributed by atoms with Crippen LogP contribution in [-0.2, 0) is 11.2 Å². The molecule has 1 amide bonds. The Hall–Kier alpha value is -3.42. The molecule has 1 heterocycles. The van der Waals surface area contributed by atoms with Crippen LogP contribution in [-0.4, -0.2) is 30.3 Å². The summed E-state index contributed by atoms with van der Waals surface area (Å²) < 4.78 is 28.8. The van der Waals surface area contributed by atoms with Crippen LogP contribution in [0.4, 0.5) is 10.1 Å². The van der Waals surface area contributed by atoms with E-state index < -0.39 is 0 Å². The van der Waals surface area contributed by atoms with Gasteiger partial charge in [-0.1, -0.05) is 17.3 Å². The van der Waals surface area contributed by atoms with E-state index in [9.17, 15) is 9.18 Å². The van der Waals surface area contributed by atoms with Gasteiger partial charge in [-0.15, -0.1) is 0 Å². The third-order valence-electron chi connectivity index (χ3n) is 3.78. The fraction of sp³-hybridized carbons (Fsp3) is 0.211. The summed E-state index contributed by atoms with van der Waals surface area (Å²) >= 11 is 0. The van der Waals surface area contributed by atoms with Crippen molar-refractivity contribution in [3.05, 3.63) is 54.2 Å². The summed E-state index contributed by atoms with van der Waals surface area (Å²) in [5, 5.41) is 6.59. The van der Waals surface area contributed by atoms with E-state index in [4.69, 9.17) is 14.0 Å². The van der Waals surface area contributed by atoms with Crippen LogP contribution >= 0.6 is 0 Å². The molecule has 3 rings (SSSR count). The van der Waals surface area contributed by atoms with Crippen LogP contribution in [0.5, 0.6) is 11.5 Å². The van der Waals surface area contributed by atoms with E-state index in [1.54, 1.807) is 37.4 Å². The minimum Gasteiger partial charge on any atom is -0.493 e. The molecule has 3 aromatic rings. The first kappa shape index (κ1) is 18.4. The van der Waals surface area contributed by atoms with Crippen LogP contribution < -0.4 is 14.8 Å². The van der Waals surface area contributed by atoms with Gasteiger partial charge in [-0.3, -0.25) is 4.79 Å². The van der Waals surface area contributed by atoms with E-state index in [0.29, 0.717) is 28.6 Å². The minimum absolute atomic E-state index is 0.152. The summed E-state index contributed by atoms with van der Waals surface area (Å²) in [4.78, 5) is 16.3. The molecule has 0 saturated heterocycles. The number of aromatic nitrogens is 2. The summed E-state index contributed by atoms with van der Waals surface area (Å²) in [6.45, 7) is 0. The first-order valence-electron chi connectivity index (χ1n) is 8.19. The molecule has 140 valence electrons. The number of ether oxygens (including phenoxy) is 2. The molecule has 7 nitrogen and oxygen atoms in total. The molecular weight excluding hydrogens is 353 g/mol. The molecule has 0 spiro atoms. The predicted octanol–water partition coefficient (Wildman–Crippen LogP) is 3.46. The molecule has 0 saturated carbocycles. The molecule has 2 aromatic carbocycles. The van der Waals surface area contributed by atoms with E-state index in [2.05, 4.69) is 15.5 Å². The first-order chi connectivity index (χ1) is 13.1. The van der Waals surface area contributed by atoms with Gasteiger partial charge in [-0.2, -0.15) is 4.98 Å². The van der Waals surface area contributed by atoms with Gasteiger partial charge in [0.1, 0.15) is 5.82 Å². The van der Waals surface area contributed by atoms with Crippen molar-refractivity contribution in [1.82, 2.24) is 10.1 Å². The van der Waals surface area contributed by atoms with Gasteiger partial charge >= 0.3 is 0 Å². The Morgan fingerprint density at radius 2 is 1.96 bits per heavy atom. The van der Waals surface area contributed by atoms with Gasteiger partial charge in [0.25, 0.3) is 0 Å². The Morgan fingerprint density at radius 3 is 2.70 bits per heavy atom. The average molecular weight is 371 g/mol. The number of aryl methyl sites for hydroxylation is 1. The van der Waals surface area contributed by atoms with Crippen LogP contribution in [0.1, 0.15) is 12.3 Å². The van der Waals surface area contributed by atoms with Crippen molar-refractivity contribution in [3.8, 4) is 22.9 Å². The van der Waals surface area contributed by atoms with E-state index in [1.165, 1.54) is 19.2 Å². The summed E-state index contributed by atoms with van der Waals surface area (Å²) in [7, 11) is 3.06. The zero-order valence-electron chi connectivity index (χ0n) is 14.9. The second-order valence-electron chi connectivity index (χ2n) is 5.64. The third kappa shape index (κ3) is 4.60. The number of hydrogen-bond acceptors (Lipinski definition) is 6. The third-order valence-corrected chi connectivity index (χ3v) is 3.78. The number of nitrogens with one attached hydrogen (secondary N) is 1. The number of anilines is 1. The summed E-state index contributed by atoms with van der Waals surface area (Å²) in [6.07, 6.45) is 0.417. The van der Waals surface area contributed by atoms with Crippen LogP contribution in [0.2, 0.25) is 0 Å². The highest BCUT2D eigenvalue weighted by Gasteiger charge is 2.12. The zero-order chi connectivity index (χ0) is 19.2. The maximum absolute atomic E-state index is 13.3. The van der Waals surface area contributed by atoms with Crippen molar-refractivity contribution in [2.45, 2.75) is 12.8 Å². The molecular formula is C19H18FN3O4. The van der Waals surface area contributed by atoms with Gasteiger partial charge in [-0.25, -0.2) is 4.39 Å². The number of rotatable bonds is 7. The summed E-state index contributed by atoms with van der Waals surface area (Å²) in [6, 6.07) is 11.0. The summed E-state index contributed by atoms with van der Waals surface area (Å²) in [5.74, 6) is 1.08. The van der Waals surface area contributed by atoms with Gasteiger partial charge in [0.2, 0.25) is 17.6 Å². The zero-order valence-corrected chi connectivity index (χ0v) is 14.9. The molecule has 1 N–H and O–H groups in total. The van der Waals surface area contributed by atoms with Crippen molar-refractivity contribution in [1.29, 1.82) is 0 Å². The largest absolute Gasteiger partial charge is 0.493 e. The van der Waals surface area contributed by atoms with Gasteiger partial charge in [0.05, 0.1) is 14.2 Å². The van der Waals surface area contributed by atoms with Crippen LogP contribution in [0.3, 0.4) is 0 Å². The smallest absolute Gasteiger partial charge is 0.227 e. The van der Waals surface area contributed by atoms with Crippen LogP contribution in [0, 0.1) is 5.82 Å². The quantitative estimate of drug-likeness (QED) is 0.684. The molecule has 0 aliphatic heterocycles. The molecule has 0 unspecified atom stereocenters. The standard InChI is InChI=1S/C19H18FN3O4/c1-25-15-7-6-14(11-16(15)26-2)21-17(24)8-9-18-22-19(23-27-18)12-4-3-5-13(20)10-12/h3-7,10-11H,8-9H2,1-2H3,(H,21,24). The Balaban J connectivity index is 1.58. The second-order valence-corrected chi connectivity index (χ2v) is 5.64. The minimum atomic E-state index is -0.381. The fourth-order valence-corrected chi connectivity index (χ4v) is 2.46. The van der Waals surface area contributed by atoms with Crippen molar-refractivity contribution in [3.63, 3.8) is 0 Å². The molecule has 0 aliphatic rings. The number of nitrogens with zero attached hydrogens (tertiary/aromatic N) is 2. The SMILES string of the molecule is COc1ccc(NC(=O)CCc2nc(-c3cccc(F)c3)no2)cc1OC. The van der Waals surface area contributed by atoms with Gasteiger partial charge in [0.15, 0.2) is 11.5 Å². The number of halogens is 1. The Bertz CT molecular complexity index is 942. The first-order valence-corrected chi connectivity index (χ1v) is 8.19. The molecule has 0 aliphatic carbocycles.